The van der Waals surface area contributed by atoms with E-state index >= 15 is 0 Å². The Labute approximate surface area is 400 Å². The van der Waals surface area contributed by atoms with Crippen LogP contribution in [0, 0.1) is 0 Å². The molecule has 0 bridgehead atoms. The summed E-state index contributed by atoms with van der Waals surface area (Å²) < 4.78 is 16.7. The molecule has 0 aromatic carbocycles. The standard InChI is InChI=1S/C59H96O6/c1-4-7-10-13-16-19-22-25-27-29-31-34-37-40-43-46-49-52-58(61)64-55-56(54-63-57(60)51-48-45-42-39-36-33-24-21-18-15-12-9-6-3)65-59(62)53-50-47-44-41-38-35-32-30-28-26-23-20-17-14-11-8-5-2/h9,12,15,18,21,24-28,31-32,34-35,40-41,43-44,56H,4-8,10-11,13-14,16-17,19-20,22-23,29-30,33,36-39,42,45-55H2,1-3H3/b12-9+,18-15+,24-21+,27-25+,28-26+,34-31+,35-32+,43-40+,44-41+. The molecule has 0 saturated carbocycles. The van der Waals surface area contributed by atoms with Gasteiger partial charge in [-0.05, 0) is 103 Å². The van der Waals surface area contributed by atoms with Gasteiger partial charge in [0, 0.05) is 19.3 Å². The van der Waals surface area contributed by atoms with Crippen molar-refractivity contribution in [2.45, 2.75) is 232 Å². The lowest BCUT2D eigenvalue weighted by Gasteiger charge is -2.18. The van der Waals surface area contributed by atoms with E-state index in [9.17, 15) is 14.4 Å². The lowest BCUT2D eigenvalue weighted by atomic mass is 10.1. The van der Waals surface area contributed by atoms with Gasteiger partial charge in [0.15, 0.2) is 6.10 Å². The van der Waals surface area contributed by atoms with Crippen molar-refractivity contribution >= 4 is 17.9 Å². The fourth-order valence-corrected chi connectivity index (χ4v) is 6.83. The van der Waals surface area contributed by atoms with E-state index in [1.165, 1.54) is 89.9 Å². The SMILES string of the molecule is CC/C=C/C=C/C=C/CCCCCCCC(=O)OCC(COC(=O)CCC/C=C/C/C=C/C/C=C/CCCCCCCC)OC(=O)CCC/C=C/C/C=C/C/C=C/CCCCCCCC. The zero-order valence-corrected chi connectivity index (χ0v) is 42.0. The highest BCUT2D eigenvalue weighted by Crippen LogP contribution is 2.12. The van der Waals surface area contributed by atoms with Crippen LogP contribution < -0.4 is 0 Å². The number of carbonyl (C=O) groups excluding carboxylic acids is 3. The van der Waals surface area contributed by atoms with Crippen LogP contribution in [-0.4, -0.2) is 37.2 Å². The van der Waals surface area contributed by atoms with Gasteiger partial charge in [0.2, 0.25) is 0 Å². The molecule has 0 aliphatic rings. The van der Waals surface area contributed by atoms with E-state index in [1.807, 2.05) is 6.08 Å². The summed E-state index contributed by atoms with van der Waals surface area (Å²) in [6, 6.07) is 0. The Bertz CT molecular complexity index is 1360. The van der Waals surface area contributed by atoms with Gasteiger partial charge < -0.3 is 14.2 Å². The summed E-state index contributed by atoms with van der Waals surface area (Å²) >= 11 is 0. The first-order valence-electron chi connectivity index (χ1n) is 26.4. The molecule has 0 heterocycles. The maximum atomic E-state index is 12.8. The van der Waals surface area contributed by atoms with Crippen LogP contribution in [0.1, 0.15) is 226 Å². The second kappa shape index (κ2) is 52.7. The van der Waals surface area contributed by atoms with Crippen LogP contribution in [0.25, 0.3) is 0 Å². The molecule has 0 aromatic rings. The number of carbonyl (C=O) groups is 3. The van der Waals surface area contributed by atoms with Crippen LogP contribution in [0.5, 0.6) is 0 Å². The number of ether oxygens (including phenoxy) is 3. The Morgan fingerprint density at radius 2 is 0.677 bits per heavy atom. The van der Waals surface area contributed by atoms with Gasteiger partial charge in [-0.2, -0.15) is 0 Å². The number of esters is 3. The third-order valence-corrected chi connectivity index (χ3v) is 10.8. The Balaban J connectivity index is 4.58. The van der Waals surface area contributed by atoms with Crippen molar-refractivity contribution in [1.29, 1.82) is 0 Å². The molecule has 368 valence electrons. The van der Waals surface area contributed by atoms with E-state index in [-0.39, 0.29) is 44.0 Å². The highest BCUT2D eigenvalue weighted by molar-refractivity contribution is 5.71. The monoisotopic (exact) mass is 901 g/mol. The maximum absolute atomic E-state index is 12.8. The maximum Gasteiger partial charge on any atom is 0.306 e. The molecule has 0 aliphatic carbocycles. The molecule has 1 atom stereocenters. The van der Waals surface area contributed by atoms with E-state index in [1.54, 1.807) is 0 Å². The number of rotatable bonds is 46. The predicted octanol–water partition coefficient (Wildman–Crippen LogP) is 17.5. The van der Waals surface area contributed by atoms with Crippen LogP contribution in [0.15, 0.2) is 109 Å². The molecule has 65 heavy (non-hydrogen) atoms. The summed E-state index contributed by atoms with van der Waals surface area (Å²) in [6.45, 7) is 6.37. The molecule has 0 rings (SSSR count). The van der Waals surface area contributed by atoms with E-state index in [4.69, 9.17) is 14.2 Å². The van der Waals surface area contributed by atoms with Gasteiger partial charge in [0.25, 0.3) is 0 Å². The van der Waals surface area contributed by atoms with Crippen molar-refractivity contribution in [3.63, 3.8) is 0 Å². The Morgan fingerprint density at radius 3 is 1.12 bits per heavy atom. The fraction of sp³-hybridized carbons (Fsp3) is 0.644. The summed E-state index contributed by atoms with van der Waals surface area (Å²) in [6.07, 6.45) is 70.9. The number of hydrogen-bond donors (Lipinski definition) is 0. The fourth-order valence-electron chi connectivity index (χ4n) is 6.83. The van der Waals surface area contributed by atoms with Gasteiger partial charge in [0.1, 0.15) is 13.2 Å². The van der Waals surface area contributed by atoms with Crippen molar-refractivity contribution in [3.05, 3.63) is 109 Å². The van der Waals surface area contributed by atoms with Gasteiger partial charge in [-0.3, -0.25) is 14.4 Å². The average Bonchev–Trinajstić information content (AvgIpc) is 3.30. The van der Waals surface area contributed by atoms with Crippen LogP contribution >= 0.6 is 0 Å². The molecule has 6 heteroatoms. The second-order valence-corrected chi connectivity index (χ2v) is 17.1. The molecule has 0 aliphatic heterocycles. The van der Waals surface area contributed by atoms with Crippen LogP contribution in [0.4, 0.5) is 0 Å². The molecular formula is C59H96O6. The van der Waals surface area contributed by atoms with Gasteiger partial charge in [0.05, 0.1) is 0 Å². The molecule has 0 saturated heterocycles. The summed E-state index contributed by atoms with van der Waals surface area (Å²) in [5.41, 5.74) is 0. The number of allylic oxidation sites excluding steroid dienone is 18. The van der Waals surface area contributed by atoms with Crippen LogP contribution in [0.2, 0.25) is 0 Å². The number of hydrogen-bond acceptors (Lipinski definition) is 6. The molecule has 0 fully saturated rings. The first-order chi connectivity index (χ1) is 32.0. The third kappa shape index (κ3) is 50.9. The Hall–Kier alpha value is -3.93. The van der Waals surface area contributed by atoms with Gasteiger partial charge in [-0.15, -0.1) is 0 Å². The topological polar surface area (TPSA) is 78.9 Å². The zero-order chi connectivity index (χ0) is 47.2. The lowest BCUT2D eigenvalue weighted by Crippen LogP contribution is -2.30. The van der Waals surface area contributed by atoms with Crippen LogP contribution in [0.3, 0.4) is 0 Å². The minimum absolute atomic E-state index is 0.126. The molecule has 0 N–H and O–H groups in total. The molecule has 0 aromatic heterocycles. The van der Waals surface area contributed by atoms with Crippen molar-refractivity contribution < 1.29 is 28.6 Å². The molecule has 6 nitrogen and oxygen atoms in total. The Kier molecular flexibility index (Phi) is 49.5. The van der Waals surface area contributed by atoms with Gasteiger partial charge in [-0.1, -0.05) is 214 Å². The highest BCUT2D eigenvalue weighted by atomic mass is 16.6. The van der Waals surface area contributed by atoms with Gasteiger partial charge in [-0.25, -0.2) is 0 Å². The largest absolute Gasteiger partial charge is 0.462 e. The highest BCUT2D eigenvalue weighted by Gasteiger charge is 2.19. The second-order valence-electron chi connectivity index (χ2n) is 17.1. The van der Waals surface area contributed by atoms with E-state index in [0.29, 0.717) is 19.3 Å². The molecule has 1 unspecified atom stereocenters. The summed E-state index contributed by atoms with van der Waals surface area (Å²) in [7, 11) is 0. The van der Waals surface area contributed by atoms with E-state index in [0.717, 1.165) is 83.5 Å². The molecule has 0 radical (unpaired) electrons. The predicted molar refractivity (Wildman–Crippen MR) is 279 cm³/mol. The molecular weight excluding hydrogens is 805 g/mol. The van der Waals surface area contributed by atoms with Gasteiger partial charge >= 0.3 is 17.9 Å². The van der Waals surface area contributed by atoms with Crippen molar-refractivity contribution in [2.75, 3.05) is 13.2 Å². The third-order valence-electron chi connectivity index (χ3n) is 10.8. The van der Waals surface area contributed by atoms with Crippen molar-refractivity contribution in [3.8, 4) is 0 Å². The average molecular weight is 901 g/mol. The normalized spacial score (nSPS) is 13.0. The first-order valence-corrected chi connectivity index (χ1v) is 26.4. The van der Waals surface area contributed by atoms with E-state index < -0.39 is 6.10 Å². The van der Waals surface area contributed by atoms with Crippen molar-refractivity contribution in [2.24, 2.45) is 0 Å². The molecule has 0 amide bonds. The number of unbranched alkanes of at least 4 members (excludes halogenated alkanes) is 19. The Morgan fingerprint density at radius 1 is 0.338 bits per heavy atom. The van der Waals surface area contributed by atoms with Crippen LogP contribution in [-0.2, 0) is 28.6 Å². The quantitative estimate of drug-likeness (QED) is 0.0199. The van der Waals surface area contributed by atoms with Crippen molar-refractivity contribution in [1.82, 2.24) is 0 Å². The van der Waals surface area contributed by atoms with E-state index in [2.05, 4.69) is 124 Å². The minimum Gasteiger partial charge on any atom is -0.462 e. The summed E-state index contributed by atoms with van der Waals surface area (Å²) in [5, 5.41) is 0. The smallest absolute Gasteiger partial charge is 0.306 e. The molecule has 0 spiro atoms. The summed E-state index contributed by atoms with van der Waals surface area (Å²) in [4.78, 5) is 38.0. The zero-order valence-electron chi connectivity index (χ0n) is 42.0. The minimum atomic E-state index is -0.835. The first kappa shape index (κ1) is 61.1. The lowest BCUT2D eigenvalue weighted by molar-refractivity contribution is -0.167. The summed E-state index contributed by atoms with van der Waals surface area (Å²) in [5.74, 6) is -1.06.